The van der Waals surface area contributed by atoms with Gasteiger partial charge in [-0.25, -0.2) is 0 Å². The molecule has 0 aromatic carbocycles. The van der Waals surface area contributed by atoms with E-state index in [1.165, 1.54) is 38.5 Å². The molecule has 0 radical (unpaired) electrons. The SMILES string of the molecule is CCOC1(C(NN)C2CC2)CCCC1. The van der Waals surface area contributed by atoms with Gasteiger partial charge in [0.05, 0.1) is 11.6 Å². The summed E-state index contributed by atoms with van der Waals surface area (Å²) in [5.41, 5.74) is 3.07. The van der Waals surface area contributed by atoms with Gasteiger partial charge >= 0.3 is 0 Å². The fourth-order valence-electron chi connectivity index (χ4n) is 2.95. The lowest BCUT2D eigenvalue weighted by molar-refractivity contribution is -0.0666. The van der Waals surface area contributed by atoms with Crippen molar-refractivity contribution in [3.8, 4) is 0 Å². The van der Waals surface area contributed by atoms with Crippen molar-refractivity contribution in [3.63, 3.8) is 0 Å². The Hall–Kier alpha value is -0.120. The fourth-order valence-corrected chi connectivity index (χ4v) is 2.95. The molecule has 2 fully saturated rings. The maximum Gasteiger partial charge on any atom is 0.0850 e. The predicted octanol–water partition coefficient (Wildman–Crippen LogP) is 1.58. The highest BCUT2D eigenvalue weighted by Gasteiger charge is 2.48. The molecule has 0 aliphatic heterocycles. The highest BCUT2D eigenvalue weighted by atomic mass is 16.5. The summed E-state index contributed by atoms with van der Waals surface area (Å²) in [5, 5.41) is 0. The Morgan fingerprint density at radius 1 is 1.43 bits per heavy atom. The van der Waals surface area contributed by atoms with E-state index >= 15 is 0 Å². The highest BCUT2D eigenvalue weighted by molar-refractivity contribution is 5.03. The average molecular weight is 198 g/mol. The van der Waals surface area contributed by atoms with Gasteiger partial charge in [-0.3, -0.25) is 11.3 Å². The second kappa shape index (κ2) is 4.17. The van der Waals surface area contributed by atoms with Crippen LogP contribution in [0, 0.1) is 5.92 Å². The van der Waals surface area contributed by atoms with Gasteiger partial charge in [-0.1, -0.05) is 12.8 Å². The number of hydrogen-bond donors (Lipinski definition) is 2. The molecule has 2 aliphatic rings. The van der Waals surface area contributed by atoms with Crippen molar-refractivity contribution in [2.75, 3.05) is 6.61 Å². The van der Waals surface area contributed by atoms with Crippen LogP contribution < -0.4 is 11.3 Å². The molecule has 2 rings (SSSR count). The van der Waals surface area contributed by atoms with E-state index in [9.17, 15) is 0 Å². The van der Waals surface area contributed by atoms with Crippen LogP contribution in [0.1, 0.15) is 45.4 Å². The van der Waals surface area contributed by atoms with Gasteiger partial charge in [0.2, 0.25) is 0 Å². The Morgan fingerprint density at radius 2 is 2.07 bits per heavy atom. The standard InChI is InChI=1S/C11H22N2O/c1-2-14-11(7-3-4-8-11)10(13-12)9-5-6-9/h9-10,13H,2-8,12H2,1H3. The smallest absolute Gasteiger partial charge is 0.0850 e. The number of nitrogens with two attached hydrogens (primary N) is 1. The molecular weight excluding hydrogens is 176 g/mol. The van der Waals surface area contributed by atoms with Crippen LogP contribution in [0.5, 0.6) is 0 Å². The molecule has 3 heteroatoms. The van der Waals surface area contributed by atoms with E-state index in [0.29, 0.717) is 6.04 Å². The molecule has 0 saturated heterocycles. The zero-order valence-electron chi connectivity index (χ0n) is 9.09. The van der Waals surface area contributed by atoms with E-state index in [1.54, 1.807) is 0 Å². The molecule has 2 aliphatic carbocycles. The normalized spacial score (nSPS) is 27.9. The zero-order valence-corrected chi connectivity index (χ0v) is 9.09. The minimum Gasteiger partial charge on any atom is -0.374 e. The Bertz CT molecular complexity index is 186. The molecular formula is C11H22N2O. The third-order valence-corrected chi connectivity index (χ3v) is 3.72. The minimum absolute atomic E-state index is 0.0602. The van der Waals surface area contributed by atoms with Gasteiger partial charge in [0.15, 0.2) is 0 Å². The summed E-state index contributed by atoms with van der Waals surface area (Å²) in [6, 6.07) is 0.393. The minimum atomic E-state index is 0.0602. The summed E-state index contributed by atoms with van der Waals surface area (Å²) in [7, 11) is 0. The monoisotopic (exact) mass is 198 g/mol. The van der Waals surface area contributed by atoms with E-state index in [4.69, 9.17) is 10.6 Å². The third kappa shape index (κ3) is 1.81. The van der Waals surface area contributed by atoms with Gasteiger partial charge in [-0.2, -0.15) is 0 Å². The maximum absolute atomic E-state index is 6.00. The summed E-state index contributed by atoms with van der Waals surface area (Å²) >= 11 is 0. The van der Waals surface area contributed by atoms with Crippen molar-refractivity contribution in [1.82, 2.24) is 5.43 Å². The van der Waals surface area contributed by atoms with Crippen LogP contribution in [0.25, 0.3) is 0 Å². The Kier molecular flexibility index (Phi) is 3.10. The summed E-state index contributed by atoms with van der Waals surface area (Å²) in [6.07, 6.45) is 7.61. The molecule has 0 amide bonds. The molecule has 2 saturated carbocycles. The molecule has 3 N–H and O–H groups in total. The average Bonchev–Trinajstić information content (AvgIpc) is 2.89. The Morgan fingerprint density at radius 3 is 2.50 bits per heavy atom. The van der Waals surface area contributed by atoms with E-state index in [-0.39, 0.29) is 5.60 Å². The lowest BCUT2D eigenvalue weighted by Crippen LogP contribution is -2.54. The van der Waals surface area contributed by atoms with Gasteiger partial charge in [0.25, 0.3) is 0 Å². The van der Waals surface area contributed by atoms with Gasteiger partial charge in [-0.15, -0.1) is 0 Å². The first-order valence-electron chi connectivity index (χ1n) is 5.92. The number of nitrogens with one attached hydrogen (secondary N) is 1. The third-order valence-electron chi connectivity index (χ3n) is 3.72. The maximum atomic E-state index is 6.00. The van der Waals surface area contributed by atoms with Gasteiger partial charge in [0.1, 0.15) is 0 Å². The fraction of sp³-hybridized carbons (Fsp3) is 1.00. The number of ether oxygens (including phenoxy) is 1. The molecule has 0 aromatic heterocycles. The van der Waals surface area contributed by atoms with Gasteiger partial charge in [0, 0.05) is 6.61 Å². The topological polar surface area (TPSA) is 47.3 Å². The van der Waals surface area contributed by atoms with E-state index in [2.05, 4.69) is 12.3 Å². The van der Waals surface area contributed by atoms with Gasteiger partial charge in [-0.05, 0) is 38.5 Å². The van der Waals surface area contributed by atoms with Crippen LogP contribution in [0.3, 0.4) is 0 Å². The molecule has 0 spiro atoms. The molecule has 82 valence electrons. The molecule has 3 nitrogen and oxygen atoms in total. The molecule has 0 aromatic rings. The van der Waals surface area contributed by atoms with Crippen LogP contribution in [0.2, 0.25) is 0 Å². The highest BCUT2D eigenvalue weighted by Crippen LogP contribution is 2.45. The van der Waals surface area contributed by atoms with Crippen molar-refractivity contribution in [2.45, 2.75) is 57.1 Å². The first-order valence-corrected chi connectivity index (χ1v) is 5.92. The Balaban J connectivity index is 2.06. The largest absolute Gasteiger partial charge is 0.374 e. The molecule has 1 unspecified atom stereocenters. The number of hydrogen-bond acceptors (Lipinski definition) is 3. The van der Waals surface area contributed by atoms with E-state index in [0.717, 1.165) is 12.5 Å². The molecule has 0 heterocycles. The van der Waals surface area contributed by atoms with E-state index in [1.807, 2.05) is 0 Å². The van der Waals surface area contributed by atoms with Crippen molar-refractivity contribution in [3.05, 3.63) is 0 Å². The van der Waals surface area contributed by atoms with Gasteiger partial charge < -0.3 is 4.74 Å². The number of rotatable bonds is 5. The Labute approximate surface area is 86.4 Å². The first-order chi connectivity index (χ1) is 6.82. The number of hydrazine groups is 1. The van der Waals surface area contributed by atoms with Crippen molar-refractivity contribution in [2.24, 2.45) is 11.8 Å². The quantitative estimate of drug-likeness (QED) is 0.521. The van der Waals surface area contributed by atoms with E-state index < -0.39 is 0 Å². The summed E-state index contributed by atoms with van der Waals surface area (Å²) < 4.78 is 6.00. The van der Waals surface area contributed by atoms with Crippen LogP contribution in [-0.4, -0.2) is 18.2 Å². The summed E-state index contributed by atoms with van der Waals surface area (Å²) in [5.74, 6) is 6.45. The van der Waals surface area contributed by atoms with Crippen molar-refractivity contribution < 1.29 is 4.74 Å². The lowest BCUT2D eigenvalue weighted by Gasteiger charge is -2.37. The summed E-state index contributed by atoms with van der Waals surface area (Å²) in [6.45, 7) is 2.89. The first kappa shape index (κ1) is 10.4. The van der Waals surface area contributed by atoms with Crippen LogP contribution in [-0.2, 0) is 4.74 Å². The lowest BCUT2D eigenvalue weighted by atomic mass is 9.89. The zero-order chi connectivity index (χ0) is 10.0. The van der Waals surface area contributed by atoms with Crippen LogP contribution in [0.15, 0.2) is 0 Å². The second-order valence-corrected chi connectivity index (χ2v) is 4.69. The van der Waals surface area contributed by atoms with Crippen molar-refractivity contribution >= 4 is 0 Å². The summed E-state index contributed by atoms with van der Waals surface area (Å²) in [4.78, 5) is 0. The molecule has 0 bridgehead atoms. The predicted molar refractivity (Wildman–Crippen MR) is 56.7 cm³/mol. The molecule has 14 heavy (non-hydrogen) atoms. The van der Waals surface area contributed by atoms with Crippen LogP contribution in [0.4, 0.5) is 0 Å². The van der Waals surface area contributed by atoms with Crippen molar-refractivity contribution in [1.29, 1.82) is 0 Å². The second-order valence-electron chi connectivity index (χ2n) is 4.69. The molecule has 1 atom stereocenters. The van der Waals surface area contributed by atoms with Crippen LogP contribution >= 0.6 is 0 Å².